The van der Waals surface area contributed by atoms with Crippen molar-refractivity contribution in [2.75, 3.05) is 7.11 Å². The molecule has 0 aliphatic heterocycles. The number of carbonyl (C=O) groups is 1. The molecule has 178 valence electrons. The molecular weight excluding hydrogens is 454 g/mol. The van der Waals surface area contributed by atoms with Crippen LogP contribution in [0.1, 0.15) is 44.2 Å². The predicted molar refractivity (Wildman–Crippen MR) is 115 cm³/mol. The zero-order valence-electron chi connectivity index (χ0n) is 18.4. The first kappa shape index (κ1) is 22.3. The molecule has 1 aliphatic rings. The lowest BCUT2D eigenvalue weighted by Gasteiger charge is -2.40. The molecule has 0 spiro atoms. The van der Waals surface area contributed by atoms with Crippen molar-refractivity contribution in [1.82, 2.24) is 24.5 Å². The van der Waals surface area contributed by atoms with E-state index < -0.39 is 35.0 Å². The molecule has 11 heteroatoms. The highest BCUT2D eigenvalue weighted by molar-refractivity contribution is 5.93. The van der Waals surface area contributed by atoms with Gasteiger partial charge in [-0.25, -0.2) is 19.3 Å². The summed E-state index contributed by atoms with van der Waals surface area (Å²) in [4.78, 5) is 28.2. The molecule has 0 amide bonds. The summed E-state index contributed by atoms with van der Waals surface area (Å²) >= 11 is 0. The van der Waals surface area contributed by atoms with E-state index in [0.717, 1.165) is 31.4 Å². The standard InChI is InChI=1S/C23H21F4N5O2/c1-22(21(33)34-2)6-4-3-5-17(22)32-11-16(23(25,26)27)15-10-30-19(31-20(15)32)14-9-29-18-13(14)7-12(24)8-28-18/h7-11,17H,3-6H2,1-2H3,(H,28,29)/t17-,22-/m1/s1. The number of aromatic nitrogens is 5. The summed E-state index contributed by atoms with van der Waals surface area (Å²) in [6, 6.07) is 0.675. The van der Waals surface area contributed by atoms with Crippen LogP contribution in [0.2, 0.25) is 0 Å². The first-order valence-corrected chi connectivity index (χ1v) is 10.8. The van der Waals surface area contributed by atoms with Gasteiger partial charge in [0.05, 0.1) is 30.3 Å². The maximum Gasteiger partial charge on any atom is 0.418 e. The fourth-order valence-electron chi connectivity index (χ4n) is 5.02. The van der Waals surface area contributed by atoms with Crippen LogP contribution in [0.15, 0.2) is 30.9 Å². The highest BCUT2D eigenvalue weighted by atomic mass is 19.4. The number of methoxy groups -OCH3 is 1. The fraction of sp³-hybridized carbons (Fsp3) is 0.391. The van der Waals surface area contributed by atoms with Crippen LogP contribution in [0.4, 0.5) is 17.6 Å². The smallest absolute Gasteiger partial charge is 0.418 e. The van der Waals surface area contributed by atoms with Crippen LogP contribution in [0, 0.1) is 11.2 Å². The Morgan fingerprint density at radius 1 is 1.24 bits per heavy atom. The maximum absolute atomic E-state index is 13.9. The fourth-order valence-corrected chi connectivity index (χ4v) is 5.02. The maximum atomic E-state index is 13.9. The number of hydrogen-bond donors (Lipinski definition) is 1. The summed E-state index contributed by atoms with van der Waals surface area (Å²) in [6.07, 6.45) is 2.59. The first-order valence-electron chi connectivity index (χ1n) is 10.8. The summed E-state index contributed by atoms with van der Waals surface area (Å²) in [5, 5.41) is 0.240. The Kier molecular flexibility index (Phi) is 5.10. The summed E-state index contributed by atoms with van der Waals surface area (Å²) in [5.41, 5.74) is -1.03. The average molecular weight is 475 g/mol. The lowest BCUT2D eigenvalue weighted by atomic mass is 9.71. The van der Waals surface area contributed by atoms with Gasteiger partial charge < -0.3 is 14.3 Å². The van der Waals surface area contributed by atoms with Gasteiger partial charge in [0, 0.05) is 34.9 Å². The molecule has 1 N–H and O–H groups in total. The zero-order valence-corrected chi connectivity index (χ0v) is 18.4. The minimum Gasteiger partial charge on any atom is -0.469 e. The molecule has 0 unspecified atom stereocenters. The molecule has 4 heterocycles. The van der Waals surface area contributed by atoms with Gasteiger partial charge in [-0.3, -0.25) is 4.79 Å². The molecule has 1 fully saturated rings. The Morgan fingerprint density at radius 3 is 2.76 bits per heavy atom. The SMILES string of the molecule is COC(=O)[C@]1(C)CCCC[C@H]1n1cc(C(F)(F)F)c2cnc(-c3c[nH]c4ncc(F)cc34)nc21. The van der Waals surface area contributed by atoms with Crippen LogP contribution in [-0.4, -0.2) is 37.6 Å². The molecule has 0 bridgehead atoms. The van der Waals surface area contributed by atoms with Crippen LogP contribution in [-0.2, 0) is 15.7 Å². The van der Waals surface area contributed by atoms with Crippen molar-refractivity contribution in [2.45, 2.75) is 44.8 Å². The van der Waals surface area contributed by atoms with Crippen molar-refractivity contribution in [3.05, 3.63) is 42.2 Å². The van der Waals surface area contributed by atoms with E-state index >= 15 is 0 Å². The van der Waals surface area contributed by atoms with E-state index in [4.69, 9.17) is 4.74 Å². The number of pyridine rings is 1. The molecule has 0 saturated heterocycles. The van der Waals surface area contributed by atoms with Gasteiger partial charge in [0.25, 0.3) is 0 Å². The summed E-state index contributed by atoms with van der Waals surface area (Å²) in [7, 11) is 1.28. The topological polar surface area (TPSA) is 85.7 Å². The molecule has 4 aromatic heterocycles. The molecule has 5 rings (SSSR count). The molecular formula is C23H21F4N5O2. The largest absolute Gasteiger partial charge is 0.469 e. The van der Waals surface area contributed by atoms with Crippen molar-refractivity contribution in [3.8, 4) is 11.4 Å². The second kappa shape index (κ2) is 7.78. The third-order valence-corrected chi connectivity index (χ3v) is 6.76. The number of ether oxygens (including phenoxy) is 1. The van der Waals surface area contributed by atoms with Crippen molar-refractivity contribution in [3.63, 3.8) is 0 Å². The van der Waals surface area contributed by atoms with Crippen molar-refractivity contribution >= 4 is 28.0 Å². The highest BCUT2D eigenvalue weighted by Crippen LogP contribution is 2.48. The predicted octanol–water partition coefficient (Wildman–Crippen LogP) is 5.43. The summed E-state index contributed by atoms with van der Waals surface area (Å²) in [6.45, 7) is 1.72. The summed E-state index contributed by atoms with van der Waals surface area (Å²) in [5.74, 6) is -0.914. The average Bonchev–Trinajstić information content (AvgIpc) is 3.39. The van der Waals surface area contributed by atoms with Gasteiger partial charge in [-0.15, -0.1) is 0 Å². The second-order valence-corrected chi connectivity index (χ2v) is 8.80. The number of rotatable bonds is 3. The molecule has 4 aromatic rings. The van der Waals surface area contributed by atoms with E-state index in [1.165, 1.54) is 23.9 Å². The number of fused-ring (bicyclic) bond motifs is 2. The Morgan fingerprint density at radius 2 is 2.03 bits per heavy atom. The van der Waals surface area contributed by atoms with Gasteiger partial charge in [0.15, 0.2) is 5.82 Å². The number of nitrogens with zero attached hydrogens (tertiary/aromatic N) is 4. The van der Waals surface area contributed by atoms with Gasteiger partial charge in [-0.1, -0.05) is 12.8 Å². The number of H-pyrrole nitrogens is 1. The van der Waals surface area contributed by atoms with Crippen LogP contribution in [0.25, 0.3) is 33.5 Å². The second-order valence-electron chi connectivity index (χ2n) is 8.80. The number of halogens is 4. The monoisotopic (exact) mass is 475 g/mol. The van der Waals surface area contributed by atoms with Crippen molar-refractivity contribution in [1.29, 1.82) is 0 Å². The van der Waals surface area contributed by atoms with Crippen LogP contribution < -0.4 is 0 Å². The Balaban J connectivity index is 1.74. The van der Waals surface area contributed by atoms with E-state index in [1.807, 2.05) is 0 Å². The number of nitrogens with one attached hydrogen (secondary N) is 1. The van der Waals surface area contributed by atoms with Crippen LogP contribution >= 0.6 is 0 Å². The third kappa shape index (κ3) is 3.41. The Bertz CT molecular complexity index is 1410. The highest BCUT2D eigenvalue weighted by Gasteiger charge is 2.47. The van der Waals surface area contributed by atoms with Gasteiger partial charge in [-0.2, -0.15) is 13.2 Å². The normalized spacial score (nSPS) is 21.3. The first-order chi connectivity index (χ1) is 16.1. The van der Waals surface area contributed by atoms with Crippen molar-refractivity contribution in [2.24, 2.45) is 5.41 Å². The van der Waals surface area contributed by atoms with E-state index in [9.17, 15) is 22.4 Å². The van der Waals surface area contributed by atoms with Crippen LogP contribution in [0.5, 0.6) is 0 Å². The van der Waals surface area contributed by atoms with E-state index in [-0.39, 0.29) is 16.9 Å². The van der Waals surface area contributed by atoms with Gasteiger partial charge in [0.2, 0.25) is 0 Å². The lowest BCUT2D eigenvalue weighted by molar-refractivity contribution is -0.156. The van der Waals surface area contributed by atoms with Gasteiger partial charge >= 0.3 is 12.1 Å². The number of hydrogen-bond acceptors (Lipinski definition) is 5. The van der Waals surface area contributed by atoms with Gasteiger partial charge in [-0.05, 0) is 25.8 Å². The molecule has 7 nitrogen and oxygen atoms in total. The van der Waals surface area contributed by atoms with Gasteiger partial charge in [0.1, 0.15) is 17.1 Å². The minimum absolute atomic E-state index is 0.0538. The molecule has 1 aliphatic carbocycles. The Hall–Kier alpha value is -3.50. The third-order valence-electron chi connectivity index (χ3n) is 6.76. The number of aromatic amines is 1. The lowest BCUT2D eigenvalue weighted by Crippen LogP contribution is -2.40. The van der Waals surface area contributed by atoms with Crippen LogP contribution in [0.3, 0.4) is 0 Å². The molecule has 34 heavy (non-hydrogen) atoms. The quantitative estimate of drug-likeness (QED) is 0.316. The molecule has 1 saturated carbocycles. The van der Waals surface area contributed by atoms with E-state index in [0.29, 0.717) is 29.4 Å². The number of esters is 1. The van der Waals surface area contributed by atoms with E-state index in [2.05, 4.69) is 19.9 Å². The summed E-state index contributed by atoms with van der Waals surface area (Å²) < 4.78 is 62.0. The molecule has 0 aromatic carbocycles. The molecule has 0 radical (unpaired) electrons. The minimum atomic E-state index is -4.64. The number of carbonyl (C=O) groups excluding carboxylic acids is 1. The number of alkyl halides is 3. The Labute approximate surface area is 191 Å². The molecule has 2 atom stereocenters. The van der Waals surface area contributed by atoms with E-state index in [1.54, 1.807) is 6.92 Å². The van der Waals surface area contributed by atoms with Crippen molar-refractivity contribution < 1.29 is 27.1 Å². The zero-order chi connectivity index (χ0) is 24.3.